The molecule has 2 aliphatic heterocycles. The molecule has 1 N–H and O–H groups in total. The Morgan fingerprint density at radius 1 is 1.12 bits per heavy atom. The molecule has 2 heterocycles. The smallest absolute Gasteiger partial charge is 0.410 e. The lowest BCUT2D eigenvalue weighted by Gasteiger charge is -2.62. The molecule has 1 saturated carbocycles. The molecule has 12 heteroatoms. The zero-order valence-corrected chi connectivity index (χ0v) is 23.5. The maximum Gasteiger partial charge on any atom is 0.410 e. The number of halogens is 2. The number of carbonyl (C=O) groups excluding carboxylic acids is 3. The Labute approximate surface area is 233 Å². The third-order valence-electron chi connectivity index (χ3n) is 7.26. The van der Waals surface area contributed by atoms with Gasteiger partial charge in [-0.05, 0) is 33.3 Å². The van der Waals surface area contributed by atoms with E-state index in [2.05, 4.69) is 5.32 Å². The van der Waals surface area contributed by atoms with Crippen LogP contribution >= 0.6 is 0 Å². The number of alkyl halides is 2. The van der Waals surface area contributed by atoms with Crippen LogP contribution in [-0.4, -0.2) is 97.1 Å². The number of alkyl carbamates (subject to hydrolysis) is 1. The highest BCUT2D eigenvalue weighted by Gasteiger charge is 2.64. The fourth-order valence-corrected chi connectivity index (χ4v) is 5.76. The van der Waals surface area contributed by atoms with Crippen LogP contribution in [0.4, 0.5) is 18.4 Å². The van der Waals surface area contributed by atoms with Crippen LogP contribution in [0.3, 0.4) is 0 Å². The van der Waals surface area contributed by atoms with E-state index in [0.717, 1.165) is 5.56 Å². The highest BCUT2D eigenvalue weighted by Crippen LogP contribution is 2.57. The molecule has 3 atom stereocenters. The number of nitrogens with zero attached hydrogens (tertiary/aromatic N) is 2. The van der Waals surface area contributed by atoms with Crippen molar-refractivity contribution in [3.05, 3.63) is 35.9 Å². The molecule has 222 valence electrons. The zero-order valence-electron chi connectivity index (χ0n) is 23.5. The van der Waals surface area contributed by atoms with E-state index in [1.807, 2.05) is 35.2 Å². The van der Waals surface area contributed by atoms with Crippen LogP contribution < -0.4 is 5.32 Å². The van der Waals surface area contributed by atoms with Gasteiger partial charge in [0.25, 0.3) is 0 Å². The molecule has 40 heavy (non-hydrogen) atoms. The summed E-state index contributed by atoms with van der Waals surface area (Å²) in [4.78, 5) is 42.3. The van der Waals surface area contributed by atoms with E-state index in [0.29, 0.717) is 13.1 Å². The van der Waals surface area contributed by atoms with Crippen LogP contribution in [0.15, 0.2) is 30.3 Å². The number of amides is 2. The van der Waals surface area contributed by atoms with Gasteiger partial charge < -0.3 is 29.2 Å². The summed E-state index contributed by atoms with van der Waals surface area (Å²) in [5.74, 6) is -3.40. The van der Waals surface area contributed by atoms with Gasteiger partial charge in [0.1, 0.15) is 18.2 Å². The minimum Gasteiger partial charge on any atom is -0.464 e. The van der Waals surface area contributed by atoms with Crippen molar-refractivity contribution < 1.29 is 42.1 Å². The first-order valence-corrected chi connectivity index (χ1v) is 13.7. The average molecular weight is 568 g/mol. The van der Waals surface area contributed by atoms with Crippen molar-refractivity contribution in [2.45, 2.75) is 76.9 Å². The van der Waals surface area contributed by atoms with Gasteiger partial charge in [0.2, 0.25) is 5.92 Å². The molecule has 2 saturated heterocycles. The van der Waals surface area contributed by atoms with Gasteiger partial charge in [-0.1, -0.05) is 30.3 Å². The van der Waals surface area contributed by atoms with Crippen molar-refractivity contribution in [2.24, 2.45) is 5.41 Å². The molecule has 1 aromatic rings. The SMILES string of the molecule is CCOC(=O)[C@@H](NC(=O)OC(C)(C)C)[C@@H]([C@H]1CN(C(=O)OCc2ccccc2)CCO1)N1CC2(C1)CC(F)(F)C2. The summed E-state index contributed by atoms with van der Waals surface area (Å²) in [5.41, 5.74) is -0.529. The Kier molecular flexibility index (Phi) is 8.89. The molecule has 0 radical (unpaired) electrons. The van der Waals surface area contributed by atoms with Gasteiger partial charge in [0.05, 0.1) is 31.9 Å². The van der Waals surface area contributed by atoms with Crippen LogP contribution in [0.5, 0.6) is 0 Å². The Balaban J connectivity index is 1.52. The summed E-state index contributed by atoms with van der Waals surface area (Å²) in [6, 6.07) is 7.25. The molecule has 1 aromatic carbocycles. The topological polar surface area (TPSA) is 107 Å². The summed E-state index contributed by atoms with van der Waals surface area (Å²) >= 11 is 0. The second-order valence-electron chi connectivity index (χ2n) is 11.9. The Bertz CT molecular complexity index is 1050. The molecular weight excluding hydrogens is 528 g/mol. The minimum atomic E-state index is -2.70. The monoisotopic (exact) mass is 567 g/mol. The van der Waals surface area contributed by atoms with E-state index < -0.39 is 53.3 Å². The standard InChI is InChI=1S/C28H39F2N3O7/c1-5-37-23(34)21(31-24(35)40-26(2,3)4)22(33-17-27(18-33)15-28(29,30)16-27)20-13-32(11-12-38-20)25(36)39-14-19-9-7-6-8-10-19/h6-10,20-22H,5,11-18H2,1-4H3,(H,31,35)/t20-,21+,22-/m1/s1. The van der Waals surface area contributed by atoms with Crippen molar-refractivity contribution in [3.8, 4) is 0 Å². The van der Waals surface area contributed by atoms with Crippen molar-refractivity contribution >= 4 is 18.2 Å². The number of nitrogens with one attached hydrogen (secondary N) is 1. The lowest BCUT2D eigenvalue weighted by atomic mass is 9.60. The Morgan fingerprint density at radius 2 is 1.80 bits per heavy atom. The van der Waals surface area contributed by atoms with E-state index in [1.165, 1.54) is 4.90 Å². The first-order chi connectivity index (χ1) is 18.8. The van der Waals surface area contributed by atoms with E-state index >= 15 is 0 Å². The number of hydrogen-bond donors (Lipinski definition) is 1. The highest BCUT2D eigenvalue weighted by atomic mass is 19.3. The summed E-state index contributed by atoms with van der Waals surface area (Å²) in [5, 5.41) is 2.63. The van der Waals surface area contributed by atoms with E-state index in [-0.39, 0.29) is 45.8 Å². The predicted octanol–water partition coefficient (Wildman–Crippen LogP) is 3.58. The molecular formula is C28H39F2N3O7. The predicted molar refractivity (Wildman–Crippen MR) is 140 cm³/mol. The number of ether oxygens (including phenoxy) is 4. The van der Waals surface area contributed by atoms with Crippen LogP contribution in [0, 0.1) is 5.41 Å². The maximum absolute atomic E-state index is 13.7. The summed E-state index contributed by atoms with van der Waals surface area (Å²) in [6.07, 6.45) is -2.55. The molecule has 1 aliphatic carbocycles. The van der Waals surface area contributed by atoms with Gasteiger partial charge in [-0.2, -0.15) is 0 Å². The van der Waals surface area contributed by atoms with Crippen LogP contribution in [-0.2, 0) is 30.3 Å². The van der Waals surface area contributed by atoms with E-state index in [4.69, 9.17) is 18.9 Å². The molecule has 0 aromatic heterocycles. The molecule has 3 aliphatic rings. The molecule has 3 fully saturated rings. The minimum absolute atomic E-state index is 0.0671. The fraction of sp³-hybridized carbons (Fsp3) is 0.679. The average Bonchev–Trinajstić information content (AvgIpc) is 2.84. The van der Waals surface area contributed by atoms with Gasteiger partial charge in [-0.15, -0.1) is 0 Å². The van der Waals surface area contributed by atoms with Gasteiger partial charge >= 0.3 is 18.2 Å². The Hall–Kier alpha value is -2.99. The number of likely N-dealkylation sites (tertiary alicyclic amines) is 1. The summed E-state index contributed by atoms with van der Waals surface area (Å²) in [7, 11) is 0. The van der Waals surface area contributed by atoms with Crippen molar-refractivity contribution in [1.29, 1.82) is 0 Å². The molecule has 2 amide bonds. The van der Waals surface area contributed by atoms with Gasteiger partial charge in [-0.25, -0.2) is 23.2 Å². The fourth-order valence-electron chi connectivity index (χ4n) is 5.76. The molecule has 10 nitrogen and oxygen atoms in total. The number of carbonyl (C=O) groups is 3. The second-order valence-corrected chi connectivity index (χ2v) is 11.9. The van der Waals surface area contributed by atoms with Crippen molar-refractivity contribution in [2.75, 3.05) is 39.4 Å². The molecule has 4 rings (SSSR count). The number of benzene rings is 1. The lowest BCUT2D eigenvalue weighted by molar-refractivity contribution is -0.231. The highest BCUT2D eigenvalue weighted by molar-refractivity contribution is 5.82. The van der Waals surface area contributed by atoms with Gasteiger partial charge in [-0.3, -0.25) is 4.90 Å². The van der Waals surface area contributed by atoms with Gasteiger partial charge in [0, 0.05) is 37.9 Å². The summed E-state index contributed by atoms with van der Waals surface area (Å²) in [6.45, 7) is 8.02. The largest absolute Gasteiger partial charge is 0.464 e. The van der Waals surface area contributed by atoms with Crippen molar-refractivity contribution in [1.82, 2.24) is 15.1 Å². The van der Waals surface area contributed by atoms with Gasteiger partial charge in [0.15, 0.2) is 0 Å². The van der Waals surface area contributed by atoms with Crippen LogP contribution in [0.1, 0.15) is 46.1 Å². The third-order valence-corrected chi connectivity index (χ3v) is 7.26. The molecule has 0 unspecified atom stereocenters. The first-order valence-electron chi connectivity index (χ1n) is 13.7. The molecule has 1 spiro atoms. The molecule has 0 bridgehead atoms. The quantitative estimate of drug-likeness (QED) is 0.375. The Morgan fingerprint density at radius 3 is 2.40 bits per heavy atom. The van der Waals surface area contributed by atoms with E-state index in [9.17, 15) is 23.2 Å². The third kappa shape index (κ3) is 7.39. The van der Waals surface area contributed by atoms with E-state index in [1.54, 1.807) is 27.7 Å². The van der Waals surface area contributed by atoms with Crippen molar-refractivity contribution in [3.63, 3.8) is 0 Å². The van der Waals surface area contributed by atoms with Crippen LogP contribution in [0.2, 0.25) is 0 Å². The second kappa shape index (κ2) is 11.9. The normalized spacial score (nSPS) is 23.2. The maximum atomic E-state index is 13.7. The lowest BCUT2D eigenvalue weighted by Crippen LogP contribution is -2.74. The summed E-state index contributed by atoms with van der Waals surface area (Å²) < 4.78 is 49.7. The number of esters is 1. The number of hydrogen-bond acceptors (Lipinski definition) is 8. The number of rotatable bonds is 8. The zero-order chi connectivity index (χ0) is 29.1. The first kappa shape index (κ1) is 30.0. The number of morpholine rings is 1. The van der Waals surface area contributed by atoms with Crippen LogP contribution in [0.25, 0.3) is 0 Å².